The number of fused-ring (bicyclic) bond motifs is 5. The van der Waals surface area contributed by atoms with E-state index in [2.05, 4.69) is 10.3 Å². The smallest absolute Gasteiger partial charge is 0.412 e. The molecule has 0 saturated heterocycles. The van der Waals surface area contributed by atoms with Crippen molar-refractivity contribution in [3.8, 4) is 11.4 Å². The lowest BCUT2D eigenvalue weighted by molar-refractivity contribution is -0.172. The topological polar surface area (TPSA) is 172 Å². The van der Waals surface area contributed by atoms with Crippen molar-refractivity contribution in [2.75, 3.05) is 5.32 Å². The fourth-order valence-electron chi connectivity index (χ4n) is 5.00. The minimum absolute atomic E-state index is 0.00186. The molecule has 210 valence electrons. The SMILES string of the molecule is CC[C@@]1(O)C(=O)OCc2c1cc1n(c2=O)Cc2c-1nc1cc(F)c(NC(=O)OC(C)(C)C)cc1c2COC(N)=O. The molecule has 12 nitrogen and oxygen atoms in total. The molecular formula is C27H27FN4O8. The van der Waals surface area contributed by atoms with Gasteiger partial charge in [0.25, 0.3) is 5.56 Å². The number of nitrogens with two attached hydrogens (primary N) is 1. The summed E-state index contributed by atoms with van der Waals surface area (Å²) in [4.78, 5) is 54.4. The number of rotatable bonds is 4. The number of amides is 2. The van der Waals surface area contributed by atoms with Gasteiger partial charge in [0, 0.05) is 28.1 Å². The lowest BCUT2D eigenvalue weighted by Gasteiger charge is -2.31. The van der Waals surface area contributed by atoms with Crippen molar-refractivity contribution in [3.63, 3.8) is 0 Å². The number of cyclic esters (lactones) is 1. The third-order valence-electron chi connectivity index (χ3n) is 6.89. The van der Waals surface area contributed by atoms with Gasteiger partial charge in [-0.1, -0.05) is 6.92 Å². The first kappa shape index (κ1) is 27.1. The van der Waals surface area contributed by atoms with E-state index in [0.717, 1.165) is 6.07 Å². The zero-order chi connectivity index (χ0) is 29.1. The first-order valence-electron chi connectivity index (χ1n) is 12.5. The van der Waals surface area contributed by atoms with Crippen molar-refractivity contribution in [1.29, 1.82) is 0 Å². The molecule has 0 saturated carbocycles. The fourth-order valence-corrected chi connectivity index (χ4v) is 5.00. The normalized spacial score (nSPS) is 17.5. The second-order valence-corrected chi connectivity index (χ2v) is 10.6. The van der Waals surface area contributed by atoms with Crippen LogP contribution in [0.4, 0.5) is 19.7 Å². The Labute approximate surface area is 226 Å². The molecule has 1 aromatic carbocycles. The van der Waals surface area contributed by atoms with E-state index in [-0.39, 0.29) is 54.2 Å². The minimum Gasteiger partial charge on any atom is -0.458 e. The molecule has 2 amide bonds. The molecule has 0 aliphatic carbocycles. The summed E-state index contributed by atoms with van der Waals surface area (Å²) in [5.41, 5.74) is 3.51. The molecule has 0 radical (unpaired) electrons. The van der Waals surface area contributed by atoms with Gasteiger partial charge in [0.1, 0.15) is 24.6 Å². The summed E-state index contributed by atoms with van der Waals surface area (Å²) < 4.78 is 31.9. The maximum atomic E-state index is 15.1. The fraction of sp³-hybridized carbons (Fsp3) is 0.370. The Morgan fingerprint density at radius 2 is 1.98 bits per heavy atom. The second-order valence-electron chi connectivity index (χ2n) is 10.6. The van der Waals surface area contributed by atoms with Gasteiger partial charge in [-0.2, -0.15) is 0 Å². The van der Waals surface area contributed by atoms with Crippen molar-refractivity contribution in [2.24, 2.45) is 5.73 Å². The van der Waals surface area contributed by atoms with Crippen molar-refractivity contribution in [2.45, 2.75) is 65.1 Å². The first-order chi connectivity index (χ1) is 18.7. The number of benzene rings is 1. The van der Waals surface area contributed by atoms with Gasteiger partial charge in [-0.05, 0) is 39.3 Å². The van der Waals surface area contributed by atoms with Gasteiger partial charge in [-0.25, -0.2) is 23.8 Å². The molecule has 13 heteroatoms. The van der Waals surface area contributed by atoms with E-state index >= 15 is 4.39 Å². The number of hydrogen-bond acceptors (Lipinski definition) is 9. The van der Waals surface area contributed by atoms with Crippen LogP contribution in [0.3, 0.4) is 0 Å². The highest BCUT2D eigenvalue weighted by molar-refractivity contribution is 5.94. The number of primary amides is 1. The van der Waals surface area contributed by atoms with E-state index in [4.69, 9.17) is 19.9 Å². The summed E-state index contributed by atoms with van der Waals surface area (Å²) in [6.07, 6.45) is -1.96. The molecule has 1 atom stereocenters. The molecule has 2 aliphatic heterocycles. The summed E-state index contributed by atoms with van der Waals surface area (Å²) in [5.74, 6) is -1.67. The summed E-state index contributed by atoms with van der Waals surface area (Å²) >= 11 is 0. The predicted octanol–water partition coefficient (Wildman–Crippen LogP) is 3.16. The Kier molecular flexibility index (Phi) is 6.29. The summed E-state index contributed by atoms with van der Waals surface area (Å²) in [5, 5.41) is 13.8. The molecule has 3 aromatic rings. The summed E-state index contributed by atoms with van der Waals surface area (Å²) in [7, 11) is 0. The number of halogens is 1. The monoisotopic (exact) mass is 554 g/mol. The van der Waals surface area contributed by atoms with Gasteiger partial charge in [-0.3, -0.25) is 10.1 Å². The van der Waals surface area contributed by atoms with Crippen molar-refractivity contribution < 1.29 is 38.1 Å². The standard InChI is InChI=1S/C27H27FN4O8/c1-5-27(37)16-7-20-21-13(9-32(20)22(33)15(16)11-38-23(27)34)14(10-39-24(29)35)12-6-19(17(28)8-18(12)30-21)31-25(36)40-26(2,3)4/h6-8,37H,5,9-11H2,1-4H3,(H2,29,35)(H,31,36)/t27-/m0/s1. The number of nitrogens with one attached hydrogen (secondary N) is 1. The van der Waals surface area contributed by atoms with E-state index in [0.29, 0.717) is 22.2 Å². The number of ether oxygens (including phenoxy) is 3. The number of carbonyl (C=O) groups is 3. The number of hydrogen-bond donors (Lipinski definition) is 3. The summed E-state index contributed by atoms with van der Waals surface area (Å²) in [6, 6.07) is 3.94. The second kappa shape index (κ2) is 9.30. The maximum absolute atomic E-state index is 15.1. The lowest BCUT2D eigenvalue weighted by Crippen LogP contribution is -2.44. The number of nitrogens with zero attached hydrogens (tertiary/aromatic N) is 2. The van der Waals surface area contributed by atoms with Gasteiger partial charge < -0.3 is 29.6 Å². The highest BCUT2D eigenvalue weighted by Crippen LogP contribution is 2.41. The predicted molar refractivity (Wildman–Crippen MR) is 139 cm³/mol. The van der Waals surface area contributed by atoms with Crippen LogP contribution in [0, 0.1) is 5.82 Å². The number of carbonyl (C=O) groups excluding carboxylic acids is 3. The third kappa shape index (κ3) is 4.41. The van der Waals surface area contributed by atoms with Crippen LogP contribution >= 0.6 is 0 Å². The Morgan fingerprint density at radius 3 is 2.62 bits per heavy atom. The largest absolute Gasteiger partial charge is 0.458 e. The number of esters is 1. The molecule has 5 rings (SSSR count). The Morgan fingerprint density at radius 1 is 1.25 bits per heavy atom. The Hall–Kier alpha value is -4.52. The van der Waals surface area contributed by atoms with Gasteiger partial charge >= 0.3 is 18.2 Å². The molecule has 0 unspecified atom stereocenters. The van der Waals surface area contributed by atoms with Crippen LogP contribution in [0.5, 0.6) is 0 Å². The van der Waals surface area contributed by atoms with E-state index in [1.54, 1.807) is 27.7 Å². The van der Waals surface area contributed by atoms with Crippen LogP contribution in [0.15, 0.2) is 23.0 Å². The number of pyridine rings is 2. The molecule has 4 heterocycles. The van der Waals surface area contributed by atoms with Gasteiger partial charge in [0.2, 0.25) is 0 Å². The van der Waals surface area contributed by atoms with Crippen molar-refractivity contribution in [3.05, 3.63) is 56.6 Å². The van der Waals surface area contributed by atoms with E-state index in [1.807, 2.05) is 0 Å². The van der Waals surface area contributed by atoms with Crippen LogP contribution in [0.25, 0.3) is 22.3 Å². The van der Waals surface area contributed by atoms with Gasteiger partial charge in [0.15, 0.2) is 5.60 Å². The average Bonchev–Trinajstić information content (AvgIpc) is 3.22. The maximum Gasteiger partial charge on any atom is 0.412 e. The highest BCUT2D eigenvalue weighted by Gasteiger charge is 2.45. The molecule has 0 spiro atoms. The first-order valence-corrected chi connectivity index (χ1v) is 12.5. The molecule has 0 fully saturated rings. The highest BCUT2D eigenvalue weighted by atomic mass is 19.1. The zero-order valence-electron chi connectivity index (χ0n) is 22.2. The molecule has 2 aliphatic rings. The average molecular weight is 555 g/mol. The molecule has 40 heavy (non-hydrogen) atoms. The minimum atomic E-state index is -2.02. The van der Waals surface area contributed by atoms with Gasteiger partial charge in [0.05, 0.1) is 34.7 Å². The molecule has 4 N–H and O–H groups in total. The number of aromatic nitrogens is 2. The van der Waals surface area contributed by atoms with Crippen LogP contribution < -0.4 is 16.6 Å². The summed E-state index contributed by atoms with van der Waals surface area (Å²) in [6.45, 7) is 5.94. The van der Waals surface area contributed by atoms with E-state index in [1.165, 1.54) is 16.7 Å². The van der Waals surface area contributed by atoms with E-state index in [9.17, 15) is 24.3 Å². The molecular weight excluding hydrogens is 527 g/mol. The van der Waals surface area contributed by atoms with Crippen LogP contribution in [0.1, 0.15) is 56.4 Å². The molecule has 2 aromatic heterocycles. The van der Waals surface area contributed by atoms with Crippen LogP contribution in [0.2, 0.25) is 0 Å². The Bertz CT molecular complexity index is 1680. The number of aliphatic hydroxyl groups is 1. The van der Waals surface area contributed by atoms with Crippen LogP contribution in [-0.4, -0.2) is 38.4 Å². The Balaban J connectivity index is 1.70. The van der Waals surface area contributed by atoms with Gasteiger partial charge in [-0.15, -0.1) is 0 Å². The van der Waals surface area contributed by atoms with E-state index < -0.39 is 40.7 Å². The number of anilines is 1. The quantitative estimate of drug-likeness (QED) is 0.253. The van der Waals surface area contributed by atoms with Crippen molar-refractivity contribution >= 4 is 34.7 Å². The third-order valence-corrected chi connectivity index (χ3v) is 6.89. The zero-order valence-corrected chi connectivity index (χ0v) is 22.2. The molecule has 0 bridgehead atoms. The van der Waals surface area contributed by atoms with Crippen LogP contribution in [-0.2, 0) is 44.4 Å². The lowest BCUT2D eigenvalue weighted by atomic mass is 9.86. The van der Waals surface area contributed by atoms with Crippen molar-refractivity contribution in [1.82, 2.24) is 9.55 Å².